The molecule has 0 fully saturated rings. The number of rotatable bonds is 4. The highest BCUT2D eigenvalue weighted by molar-refractivity contribution is 5.93. The molecule has 3 nitrogen and oxygen atoms in total. The summed E-state index contributed by atoms with van der Waals surface area (Å²) in [6.07, 6.45) is 3.40. The first kappa shape index (κ1) is 10.7. The van der Waals surface area contributed by atoms with E-state index in [0.717, 1.165) is 17.3 Å². The maximum Gasteiger partial charge on any atom is 0.352 e. The number of fused-ring (bicyclic) bond motifs is 1. The summed E-state index contributed by atoms with van der Waals surface area (Å²) in [5, 5.41) is 9.84. The summed E-state index contributed by atoms with van der Waals surface area (Å²) < 4.78 is 0. The minimum Gasteiger partial charge on any atom is -0.477 e. The van der Waals surface area contributed by atoms with Crippen molar-refractivity contribution in [2.75, 3.05) is 0 Å². The highest BCUT2D eigenvalue weighted by Gasteiger charge is 2.07. The van der Waals surface area contributed by atoms with Gasteiger partial charge < -0.3 is 10.1 Å². The molecule has 1 aromatic heterocycles. The van der Waals surface area contributed by atoms with Crippen LogP contribution in [0.3, 0.4) is 0 Å². The fourth-order valence-electron chi connectivity index (χ4n) is 1.83. The van der Waals surface area contributed by atoms with Crippen molar-refractivity contribution < 1.29 is 9.90 Å². The molecule has 0 unspecified atom stereocenters. The first-order valence-electron chi connectivity index (χ1n) is 5.55. The van der Waals surface area contributed by atoms with Crippen LogP contribution in [0.4, 0.5) is 0 Å². The van der Waals surface area contributed by atoms with Crippen molar-refractivity contribution in [1.29, 1.82) is 0 Å². The van der Waals surface area contributed by atoms with E-state index in [9.17, 15) is 4.79 Å². The fourth-order valence-corrected chi connectivity index (χ4v) is 1.83. The second-order valence-corrected chi connectivity index (χ2v) is 4.01. The van der Waals surface area contributed by atoms with Gasteiger partial charge in [-0.05, 0) is 36.6 Å². The predicted molar refractivity (Wildman–Crippen MR) is 63.9 cm³/mol. The van der Waals surface area contributed by atoms with Crippen LogP contribution in [0.1, 0.15) is 35.8 Å². The molecule has 1 aromatic carbocycles. The van der Waals surface area contributed by atoms with Crippen molar-refractivity contribution in [2.45, 2.75) is 26.2 Å². The molecule has 2 aromatic rings. The van der Waals surface area contributed by atoms with Crippen molar-refractivity contribution in [3.63, 3.8) is 0 Å². The van der Waals surface area contributed by atoms with Crippen LogP contribution in [-0.4, -0.2) is 16.1 Å². The molecule has 0 aliphatic rings. The smallest absolute Gasteiger partial charge is 0.352 e. The summed E-state index contributed by atoms with van der Waals surface area (Å²) in [5.41, 5.74) is 2.41. The SMILES string of the molecule is CCCCc1ccc2[nH]c(C(=O)O)cc2c1. The third kappa shape index (κ3) is 2.08. The highest BCUT2D eigenvalue weighted by atomic mass is 16.4. The van der Waals surface area contributed by atoms with Gasteiger partial charge in [0.05, 0.1) is 0 Å². The average Bonchev–Trinajstić information content (AvgIpc) is 2.69. The third-order valence-corrected chi connectivity index (χ3v) is 2.73. The van der Waals surface area contributed by atoms with Gasteiger partial charge in [0.25, 0.3) is 0 Å². The number of aromatic amines is 1. The number of benzene rings is 1. The largest absolute Gasteiger partial charge is 0.477 e. The molecule has 2 N–H and O–H groups in total. The molecule has 16 heavy (non-hydrogen) atoms. The molecule has 0 aliphatic heterocycles. The lowest BCUT2D eigenvalue weighted by molar-refractivity contribution is 0.0691. The molecule has 84 valence electrons. The molecule has 3 heteroatoms. The van der Waals surface area contributed by atoms with Crippen molar-refractivity contribution in [3.05, 3.63) is 35.5 Å². The zero-order valence-electron chi connectivity index (χ0n) is 9.29. The number of aromatic nitrogens is 1. The Kier molecular flexibility index (Phi) is 2.95. The first-order valence-corrected chi connectivity index (χ1v) is 5.55. The zero-order chi connectivity index (χ0) is 11.5. The van der Waals surface area contributed by atoms with Gasteiger partial charge in [0.15, 0.2) is 0 Å². The molecule has 0 saturated carbocycles. The van der Waals surface area contributed by atoms with Crippen molar-refractivity contribution in [3.8, 4) is 0 Å². The van der Waals surface area contributed by atoms with E-state index in [4.69, 9.17) is 5.11 Å². The second kappa shape index (κ2) is 4.39. The number of nitrogens with one attached hydrogen (secondary N) is 1. The number of unbranched alkanes of at least 4 members (excludes halogenated alkanes) is 1. The van der Waals surface area contributed by atoms with Gasteiger partial charge in [-0.1, -0.05) is 19.4 Å². The normalized spacial score (nSPS) is 10.8. The van der Waals surface area contributed by atoms with Gasteiger partial charge in [0.1, 0.15) is 5.69 Å². The Balaban J connectivity index is 2.34. The van der Waals surface area contributed by atoms with Gasteiger partial charge >= 0.3 is 5.97 Å². The van der Waals surface area contributed by atoms with Crippen LogP contribution < -0.4 is 0 Å². The molecule has 0 atom stereocenters. The standard InChI is InChI=1S/C13H15NO2/c1-2-3-4-9-5-6-11-10(7-9)8-12(14-11)13(15)16/h5-8,14H,2-4H2,1H3,(H,15,16). The van der Waals surface area contributed by atoms with Crippen molar-refractivity contribution in [2.24, 2.45) is 0 Å². The van der Waals surface area contributed by atoms with E-state index in [1.165, 1.54) is 18.4 Å². The third-order valence-electron chi connectivity index (χ3n) is 2.73. The lowest BCUT2D eigenvalue weighted by atomic mass is 10.1. The number of carbonyl (C=O) groups is 1. The quantitative estimate of drug-likeness (QED) is 0.826. The summed E-state index contributed by atoms with van der Waals surface area (Å²) >= 11 is 0. The van der Waals surface area contributed by atoms with Gasteiger partial charge in [-0.25, -0.2) is 4.79 Å². The summed E-state index contributed by atoms with van der Waals surface area (Å²) in [5.74, 6) is -0.911. The number of carboxylic acids is 1. The Bertz CT molecular complexity index is 514. The molecule has 0 saturated heterocycles. The van der Waals surface area contributed by atoms with Crippen molar-refractivity contribution in [1.82, 2.24) is 4.98 Å². The highest BCUT2D eigenvalue weighted by Crippen LogP contribution is 2.18. The number of aryl methyl sites for hydroxylation is 1. The van der Waals surface area contributed by atoms with E-state index in [-0.39, 0.29) is 5.69 Å². The summed E-state index contributed by atoms with van der Waals surface area (Å²) in [6.45, 7) is 2.16. The van der Waals surface area contributed by atoms with E-state index < -0.39 is 5.97 Å². The Morgan fingerprint density at radius 1 is 1.38 bits per heavy atom. The number of H-pyrrole nitrogens is 1. The molecule has 0 bridgehead atoms. The molecule has 0 spiro atoms. The lowest BCUT2D eigenvalue weighted by Crippen LogP contribution is -1.94. The van der Waals surface area contributed by atoms with E-state index >= 15 is 0 Å². The van der Waals surface area contributed by atoms with Crippen LogP contribution in [0, 0.1) is 0 Å². The molecule has 0 amide bonds. The summed E-state index contributed by atoms with van der Waals surface area (Å²) in [4.78, 5) is 13.7. The van der Waals surface area contributed by atoms with E-state index in [0.29, 0.717) is 0 Å². The number of hydrogen-bond donors (Lipinski definition) is 2. The van der Waals surface area contributed by atoms with Crippen LogP contribution in [0.2, 0.25) is 0 Å². The monoisotopic (exact) mass is 217 g/mol. The maximum absolute atomic E-state index is 10.8. The number of hydrogen-bond acceptors (Lipinski definition) is 1. The van der Waals surface area contributed by atoms with Gasteiger partial charge in [-0.15, -0.1) is 0 Å². The maximum atomic E-state index is 10.8. The van der Waals surface area contributed by atoms with Crippen LogP contribution in [0.15, 0.2) is 24.3 Å². The molecule has 2 rings (SSSR count). The topological polar surface area (TPSA) is 53.1 Å². The lowest BCUT2D eigenvalue weighted by Gasteiger charge is -1.99. The number of aromatic carboxylic acids is 1. The summed E-state index contributed by atoms with van der Waals surface area (Å²) in [6, 6.07) is 7.76. The average molecular weight is 217 g/mol. The zero-order valence-corrected chi connectivity index (χ0v) is 9.29. The van der Waals surface area contributed by atoms with E-state index in [1.807, 2.05) is 6.07 Å². The van der Waals surface area contributed by atoms with Gasteiger partial charge in [0, 0.05) is 10.9 Å². The van der Waals surface area contributed by atoms with Crippen LogP contribution in [-0.2, 0) is 6.42 Å². The number of carboxylic acid groups (broad SMARTS) is 1. The molecule has 0 aliphatic carbocycles. The minimum absolute atomic E-state index is 0.252. The Morgan fingerprint density at radius 2 is 2.19 bits per heavy atom. The van der Waals surface area contributed by atoms with Gasteiger partial charge in [-0.2, -0.15) is 0 Å². The Labute approximate surface area is 94.1 Å². The molecular weight excluding hydrogens is 202 g/mol. The van der Waals surface area contributed by atoms with Crippen molar-refractivity contribution >= 4 is 16.9 Å². The Hall–Kier alpha value is -1.77. The van der Waals surface area contributed by atoms with Gasteiger partial charge in [0.2, 0.25) is 0 Å². The second-order valence-electron chi connectivity index (χ2n) is 4.01. The van der Waals surface area contributed by atoms with E-state index in [2.05, 4.69) is 24.0 Å². The van der Waals surface area contributed by atoms with E-state index in [1.54, 1.807) is 6.07 Å². The van der Waals surface area contributed by atoms with Crippen LogP contribution >= 0.6 is 0 Å². The van der Waals surface area contributed by atoms with Gasteiger partial charge in [-0.3, -0.25) is 0 Å². The summed E-state index contributed by atoms with van der Waals surface area (Å²) in [7, 11) is 0. The first-order chi connectivity index (χ1) is 7.70. The van der Waals surface area contributed by atoms with Crippen LogP contribution in [0.5, 0.6) is 0 Å². The minimum atomic E-state index is -0.911. The molecular formula is C13H15NO2. The Morgan fingerprint density at radius 3 is 2.88 bits per heavy atom. The van der Waals surface area contributed by atoms with Crippen LogP contribution in [0.25, 0.3) is 10.9 Å². The molecule has 0 radical (unpaired) electrons. The predicted octanol–water partition coefficient (Wildman–Crippen LogP) is 3.21. The fraction of sp³-hybridized carbons (Fsp3) is 0.308. The molecule has 1 heterocycles.